The molecule has 4 heterocycles. The van der Waals surface area contributed by atoms with E-state index in [-0.39, 0.29) is 16.3 Å². The monoisotopic (exact) mass is 553 g/mol. The maximum Gasteiger partial charge on any atom is 0.273 e. The number of rotatable bonds is 8. The number of aryl methyl sites for hydroxylation is 1. The summed E-state index contributed by atoms with van der Waals surface area (Å²) in [6, 6.07) is 4.57. The fourth-order valence-corrected chi connectivity index (χ4v) is 7.04. The molecule has 2 aromatic heterocycles. The number of thiophene rings is 1. The molecule has 9 heteroatoms. The highest BCUT2D eigenvalue weighted by atomic mass is 32.3. The van der Waals surface area contributed by atoms with E-state index in [4.69, 9.17) is 8.92 Å². The summed E-state index contributed by atoms with van der Waals surface area (Å²) in [4.78, 5) is 24.7. The van der Waals surface area contributed by atoms with Crippen molar-refractivity contribution in [3.05, 3.63) is 38.0 Å². The molecule has 0 aliphatic carbocycles. The number of nitrogens with zero attached hydrogens (tertiary/aromatic N) is 3. The lowest BCUT2D eigenvalue weighted by atomic mass is 9.89. The molecule has 0 unspecified atom stereocenters. The van der Waals surface area contributed by atoms with Crippen LogP contribution in [0.25, 0.3) is 0 Å². The van der Waals surface area contributed by atoms with Crippen LogP contribution in [0.2, 0.25) is 0 Å². The van der Waals surface area contributed by atoms with Crippen molar-refractivity contribution in [2.75, 3.05) is 58.4 Å². The fourth-order valence-electron chi connectivity index (χ4n) is 4.62. The molecule has 0 N–H and O–H groups in total. The molecule has 6 nitrogen and oxygen atoms in total. The normalized spacial score (nSPS) is 19.7. The summed E-state index contributed by atoms with van der Waals surface area (Å²) in [5.74, 6) is 0.0479. The smallest absolute Gasteiger partial charge is 0.273 e. The zero-order valence-electron chi connectivity index (χ0n) is 22.8. The van der Waals surface area contributed by atoms with Crippen LogP contribution in [0.5, 0.6) is 0 Å². The van der Waals surface area contributed by atoms with Crippen LogP contribution < -0.4 is 0 Å². The first-order chi connectivity index (χ1) is 17.0. The van der Waals surface area contributed by atoms with Gasteiger partial charge >= 0.3 is 0 Å². The minimum atomic E-state index is -1.06. The lowest BCUT2D eigenvalue weighted by Crippen LogP contribution is -2.58. The summed E-state index contributed by atoms with van der Waals surface area (Å²) in [6.07, 6.45) is 8.58. The van der Waals surface area contributed by atoms with Gasteiger partial charge in [0.1, 0.15) is 5.69 Å². The molecule has 1 spiro atoms. The molecule has 2 aliphatic heterocycles. The lowest BCUT2D eigenvalue weighted by Gasteiger charge is -2.47. The van der Waals surface area contributed by atoms with E-state index >= 15 is 0 Å². The molecule has 0 saturated carbocycles. The zero-order valence-corrected chi connectivity index (χ0v) is 25.3. The minimum Gasteiger partial charge on any atom is -0.371 e. The van der Waals surface area contributed by atoms with Gasteiger partial charge in [0.2, 0.25) is 0 Å². The predicted octanol–water partition coefficient (Wildman–Crippen LogP) is 5.40. The highest BCUT2D eigenvalue weighted by molar-refractivity contribution is 8.29. The number of amides is 1. The average Bonchev–Trinajstić information content (AvgIpc) is 3.46. The Labute approximate surface area is 226 Å². The molecule has 0 bridgehead atoms. The number of piperidine rings is 1. The maximum absolute atomic E-state index is 12.9. The third-order valence-corrected chi connectivity index (χ3v) is 13.4. The van der Waals surface area contributed by atoms with Gasteiger partial charge in [-0.25, -0.2) is 4.98 Å². The lowest BCUT2D eigenvalue weighted by molar-refractivity contribution is -0.127. The van der Waals surface area contributed by atoms with Crippen LogP contribution >= 0.6 is 33.0 Å². The second-order valence-electron chi connectivity index (χ2n) is 11.4. The number of hydrogen-bond donors (Lipinski definition) is 0. The fraction of sp³-hybridized carbons (Fsp3) is 0.704. The van der Waals surface area contributed by atoms with Crippen molar-refractivity contribution in [3.8, 4) is 0 Å². The van der Waals surface area contributed by atoms with Gasteiger partial charge in [-0.2, -0.15) is 0 Å². The molecule has 2 aliphatic rings. The Morgan fingerprint density at radius 2 is 1.86 bits per heavy atom. The molecule has 2 saturated heterocycles. The van der Waals surface area contributed by atoms with E-state index in [0.717, 1.165) is 56.9 Å². The average molecular weight is 554 g/mol. The molecule has 0 aromatic carbocycles. The summed E-state index contributed by atoms with van der Waals surface area (Å²) in [7, 11) is -1.06. The summed E-state index contributed by atoms with van der Waals surface area (Å²) < 4.78 is 12.8. The number of carbonyl (C=O) groups excluding carboxylic acids is 1. The van der Waals surface area contributed by atoms with E-state index in [1.165, 1.54) is 21.1 Å². The third-order valence-electron chi connectivity index (χ3n) is 7.73. The van der Waals surface area contributed by atoms with Crippen molar-refractivity contribution in [2.24, 2.45) is 0 Å². The molecular formula is C27H43N3O3S3. The van der Waals surface area contributed by atoms with E-state index in [1.807, 2.05) is 28.5 Å². The molecular weight excluding hydrogens is 511 g/mol. The highest BCUT2D eigenvalue weighted by Crippen LogP contribution is 2.53. The Morgan fingerprint density at radius 3 is 2.50 bits per heavy atom. The zero-order chi connectivity index (χ0) is 26.0. The van der Waals surface area contributed by atoms with Gasteiger partial charge in [0, 0.05) is 52.5 Å². The largest absolute Gasteiger partial charge is 0.371 e. The Kier molecular flexibility index (Phi) is 8.89. The van der Waals surface area contributed by atoms with E-state index in [2.05, 4.69) is 55.3 Å². The Bertz CT molecular complexity index is 1020. The van der Waals surface area contributed by atoms with Crippen LogP contribution in [-0.4, -0.2) is 89.5 Å². The van der Waals surface area contributed by atoms with Crippen LogP contribution in [0.3, 0.4) is 0 Å². The minimum absolute atomic E-state index is 0.0479. The second kappa shape index (κ2) is 11.4. The highest BCUT2D eigenvalue weighted by Gasteiger charge is 2.41. The Balaban J connectivity index is 1.20. The van der Waals surface area contributed by atoms with Crippen molar-refractivity contribution in [3.63, 3.8) is 0 Å². The standard InChI is InChI=1S/C27H43N3O3S3/c1-21-28-24(19-34-21)25(31)30-16-18-32-27(20-30)11-14-29(15-12-27)13-9-22-7-8-23(35-22)10-17-33-36(5,6)26(2,3)4/h7-8,19H,9-18,20H2,1-6H3. The van der Waals surface area contributed by atoms with Crippen LogP contribution in [-0.2, 0) is 21.8 Å². The Morgan fingerprint density at radius 1 is 1.17 bits per heavy atom. The number of morpholine rings is 1. The molecule has 1 amide bonds. The number of aromatic nitrogens is 1. The summed E-state index contributed by atoms with van der Waals surface area (Å²) >= 11 is 3.47. The van der Waals surface area contributed by atoms with E-state index in [9.17, 15) is 4.79 Å². The second-order valence-corrected chi connectivity index (χ2v) is 17.6. The molecule has 0 atom stereocenters. The first-order valence-electron chi connectivity index (χ1n) is 13.0. The van der Waals surface area contributed by atoms with Crippen molar-refractivity contribution < 1.29 is 13.7 Å². The maximum atomic E-state index is 12.9. The van der Waals surface area contributed by atoms with Gasteiger partial charge in [-0.1, -0.05) is 20.8 Å². The van der Waals surface area contributed by atoms with Gasteiger partial charge in [0.15, 0.2) is 0 Å². The number of ether oxygens (including phenoxy) is 1. The summed E-state index contributed by atoms with van der Waals surface area (Å²) in [5.41, 5.74) is 0.377. The van der Waals surface area contributed by atoms with Gasteiger partial charge in [0.25, 0.3) is 5.91 Å². The van der Waals surface area contributed by atoms with Gasteiger partial charge in [-0.3, -0.25) is 4.79 Å². The molecule has 2 fully saturated rings. The van der Waals surface area contributed by atoms with Crippen LogP contribution in [0, 0.1) is 6.92 Å². The van der Waals surface area contributed by atoms with Gasteiger partial charge < -0.3 is 18.7 Å². The number of carbonyl (C=O) groups is 1. The number of thiazole rings is 1. The number of hydrogen-bond acceptors (Lipinski definition) is 7. The predicted molar refractivity (Wildman–Crippen MR) is 154 cm³/mol. The molecule has 2 aromatic rings. The molecule has 0 radical (unpaired) electrons. The van der Waals surface area contributed by atoms with E-state index in [0.29, 0.717) is 25.4 Å². The molecule has 4 rings (SSSR count). The first-order valence-corrected chi connectivity index (χ1v) is 17.1. The Hall–Kier alpha value is -0.970. The van der Waals surface area contributed by atoms with Crippen molar-refractivity contribution in [2.45, 2.75) is 63.7 Å². The summed E-state index contributed by atoms with van der Waals surface area (Å²) in [6.45, 7) is 14.6. The van der Waals surface area contributed by atoms with Crippen molar-refractivity contribution >= 4 is 38.9 Å². The number of likely N-dealkylation sites (tertiary alicyclic amines) is 1. The van der Waals surface area contributed by atoms with Gasteiger partial charge in [-0.05, 0) is 50.8 Å². The van der Waals surface area contributed by atoms with E-state index < -0.39 is 10.3 Å². The topological polar surface area (TPSA) is 54.9 Å². The molecule has 36 heavy (non-hydrogen) atoms. The quantitative estimate of drug-likeness (QED) is 0.438. The SMILES string of the molecule is Cc1nc(C(=O)N2CCOC3(CCN(CCc4ccc(CCOS(C)(C)C(C)(C)C)s4)CC3)C2)cs1. The molecule has 202 valence electrons. The van der Waals surface area contributed by atoms with Crippen LogP contribution in [0.4, 0.5) is 0 Å². The van der Waals surface area contributed by atoms with E-state index in [1.54, 1.807) is 0 Å². The third kappa shape index (κ3) is 6.91. The van der Waals surface area contributed by atoms with Crippen molar-refractivity contribution in [1.29, 1.82) is 0 Å². The van der Waals surface area contributed by atoms with Crippen LogP contribution in [0.15, 0.2) is 17.5 Å². The first kappa shape index (κ1) is 28.0. The van der Waals surface area contributed by atoms with Gasteiger partial charge in [0.05, 0.1) is 30.4 Å². The van der Waals surface area contributed by atoms with Crippen molar-refractivity contribution in [1.82, 2.24) is 14.8 Å². The summed E-state index contributed by atoms with van der Waals surface area (Å²) in [5, 5.41) is 2.81. The van der Waals surface area contributed by atoms with Crippen LogP contribution in [0.1, 0.15) is 58.9 Å². The van der Waals surface area contributed by atoms with Gasteiger partial charge in [-0.15, -0.1) is 33.0 Å².